The van der Waals surface area contributed by atoms with Crippen LogP contribution < -0.4 is 5.32 Å². The molecule has 0 aliphatic carbocycles. The summed E-state index contributed by atoms with van der Waals surface area (Å²) in [6, 6.07) is -0.635. The molecule has 0 aliphatic heterocycles. The van der Waals surface area contributed by atoms with Gasteiger partial charge in [-0.25, -0.2) is 0 Å². The molecule has 2 unspecified atom stereocenters. The molecule has 0 aromatic carbocycles. The van der Waals surface area contributed by atoms with Gasteiger partial charge in [0.15, 0.2) is 0 Å². The molecule has 276 valence electrons. The molecule has 0 saturated carbocycles. The quantitative estimate of drug-likeness (QED) is 0.0465. The Bertz CT molecular complexity index is 853. The number of amides is 1. The highest BCUT2D eigenvalue weighted by Gasteiger charge is 2.17. The van der Waals surface area contributed by atoms with Crippen LogP contribution in [0, 0.1) is 0 Å². The van der Waals surface area contributed by atoms with Crippen LogP contribution in [-0.2, 0) is 4.79 Å². The van der Waals surface area contributed by atoms with Crippen LogP contribution in [0.4, 0.5) is 0 Å². The molecular formula is C44H77NO3. The number of aliphatic hydroxyl groups excluding tert-OH is 2. The van der Waals surface area contributed by atoms with E-state index in [-0.39, 0.29) is 12.5 Å². The summed E-state index contributed by atoms with van der Waals surface area (Å²) in [4.78, 5) is 12.4. The molecule has 0 radical (unpaired) electrons. The smallest absolute Gasteiger partial charge is 0.220 e. The Kier molecular flexibility index (Phi) is 37.5. The lowest BCUT2D eigenvalue weighted by molar-refractivity contribution is -0.123. The maximum absolute atomic E-state index is 12.4. The second-order valence-corrected chi connectivity index (χ2v) is 13.3. The van der Waals surface area contributed by atoms with Gasteiger partial charge in [0.1, 0.15) is 0 Å². The van der Waals surface area contributed by atoms with E-state index in [1.165, 1.54) is 89.9 Å². The van der Waals surface area contributed by atoms with Gasteiger partial charge < -0.3 is 15.5 Å². The molecule has 48 heavy (non-hydrogen) atoms. The topological polar surface area (TPSA) is 69.6 Å². The molecule has 0 aliphatic rings. The number of nitrogens with one attached hydrogen (secondary N) is 1. The molecule has 4 nitrogen and oxygen atoms in total. The fourth-order valence-corrected chi connectivity index (χ4v) is 5.61. The van der Waals surface area contributed by atoms with E-state index in [2.05, 4.69) is 79.9 Å². The van der Waals surface area contributed by atoms with Crippen LogP contribution in [0.5, 0.6) is 0 Å². The van der Waals surface area contributed by atoms with E-state index in [9.17, 15) is 15.0 Å². The van der Waals surface area contributed by atoms with Crippen molar-refractivity contribution in [3.05, 3.63) is 72.9 Å². The minimum atomic E-state index is -0.850. The minimum Gasteiger partial charge on any atom is -0.394 e. The fourth-order valence-electron chi connectivity index (χ4n) is 5.61. The average molecular weight is 668 g/mol. The zero-order chi connectivity index (χ0) is 35.0. The number of carbonyl (C=O) groups excluding carboxylic acids is 1. The van der Waals surface area contributed by atoms with Gasteiger partial charge in [0.05, 0.1) is 18.8 Å². The normalized spacial score (nSPS) is 13.8. The Labute approximate surface area is 298 Å². The van der Waals surface area contributed by atoms with Crippen molar-refractivity contribution >= 4 is 5.91 Å². The Morgan fingerprint density at radius 3 is 1.38 bits per heavy atom. The number of aliphatic hydroxyl groups is 2. The van der Waals surface area contributed by atoms with Crippen LogP contribution in [-0.4, -0.2) is 34.9 Å². The second kappa shape index (κ2) is 39.3. The summed E-state index contributed by atoms with van der Waals surface area (Å²) in [5.41, 5.74) is 0. The van der Waals surface area contributed by atoms with Gasteiger partial charge in [0, 0.05) is 6.42 Å². The molecular weight excluding hydrogens is 590 g/mol. The van der Waals surface area contributed by atoms with Crippen LogP contribution in [0.25, 0.3) is 0 Å². The van der Waals surface area contributed by atoms with Gasteiger partial charge in [-0.15, -0.1) is 0 Å². The number of hydrogen-bond donors (Lipinski definition) is 3. The summed E-state index contributed by atoms with van der Waals surface area (Å²) in [5.74, 6) is -0.0863. The summed E-state index contributed by atoms with van der Waals surface area (Å²) in [6.07, 6.45) is 55.6. The van der Waals surface area contributed by atoms with Crippen molar-refractivity contribution in [1.82, 2.24) is 5.32 Å². The number of allylic oxidation sites excluding steroid dienone is 11. The number of carbonyl (C=O) groups is 1. The maximum Gasteiger partial charge on any atom is 0.220 e. The van der Waals surface area contributed by atoms with Crippen LogP contribution in [0.2, 0.25) is 0 Å². The predicted octanol–water partition coefficient (Wildman–Crippen LogP) is 12.3. The molecule has 0 aromatic rings. The zero-order valence-electron chi connectivity index (χ0n) is 31.5. The maximum atomic E-state index is 12.4. The van der Waals surface area contributed by atoms with E-state index in [0.717, 1.165) is 70.6 Å². The lowest BCUT2D eigenvalue weighted by Gasteiger charge is -2.20. The summed E-state index contributed by atoms with van der Waals surface area (Å²) < 4.78 is 0. The van der Waals surface area contributed by atoms with Gasteiger partial charge in [0.25, 0.3) is 0 Å². The van der Waals surface area contributed by atoms with E-state index in [4.69, 9.17) is 0 Å². The number of unbranched alkanes of at least 4 members (excludes halogenated alkanes) is 18. The van der Waals surface area contributed by atoms with Gasteiger partial charge in [-0.2, -0.15) is 0 Å². The largest absolute Gasteiger partial charge is 0.394 e. The molecule has 3 N–H and O–H groups in total. The predicted molar refractivity (Wildman–Crippen MR) is 211 cm³/mol. The molecule has 0 rings (SSSR count). The van der Waals surface area contributed by atoms with Crippen molar-refractivity contribution in [3.63, 3.8) is 0 Å². The Balaban J connectivity index is 3.69. The van der Waals surface area contributed by atoms with E-state index in [1.807, 2.05) is 6.08 Å². The highest BCUT2D eigenvalue weighted by atomic mass is 16.3. The Morgan fingerprint density at radius 2 is 0.917 bits per heavy atom. The number of rotatable bonds is 35. The summed E-state index contributed by atoms with van der Waals surface area (Å²) in [7, 11) is 0. The Morgan fingerprint density at radius 1 is 0.521 bits per heavy atom. The molecule has 0 aromatic heterocycles. The van der Waals surface area contributed by atoms with Crippen molar-refractivity contribution in [2.75, 3.05) is 6.61 Å². The van der Waals surface area contributed by atoms with Gasteiger partial charge in [-0.3, -0.25) is 4.79 Å². The third-order valence-corrected chi connectivity index (χ3v) is 8.70. The molecule has 0 bridgehead atoms. The Hall–Kier alpha value is -2.17. The summed E-state index contributed by atoms with van der Waals surface area (Å²) in [5, 5.41) is 22.9. The summed E-state index contributed by atoms with van der Waals surface area (Å²) in [6.45, 7) is 4.17. The highest BCUT2D eigenvalue weighted by Crippen LogP contribution is 2.13. The van der Waals surface area contributed by atoms with Crippen LogP contribution >= 0.6 is 0 Å². The van der Waals surface area contributed by atoms with Crippen LogP contribution in [0.3, 0.4) is 0 Å². The third-order valence-electron chi connectivity index (χ3n) is 8.70. The highest BCUT2D eigenvalue weighted by molar-refractivity contribution is 5.76. The van der Waals surface area contributed by atoms with Gasteiger partial charge in [-0.1, -0.05) is 183 Å². The third kappa shape index (κ3) is 35.1. The molecule has 0 spiro atoms. The van der Waals surface area contributed by atoms with Gasteiger partial charge in [-0.05, 0) is 64.2 Å². The van der Waals surface area contributed by atoms with E-state index < -0.39 is 12.1 Å². The SMILES string of the molecule is CC/C=C\C/C=C\C/C=C\C/C=C\C/C=C\CCCCCCCC(=O)NC(CO)C(O)/C=C/CCCCCCCCCCCCCCC. The first-order valence-corrected chi connectivity index (χ1v) is 20.2. The summed E-state index contributed by atoms with van der Waals surface area (Å²) >= 11 is 0. The molecule has 2 atom stereocenters. The average Bonchev–Trinajstić information content (AvgIpc) is 3.09. The van der Waals surface area contributed by atoms with Crippen LogP contribution in [0.1, 0.15) is 181 Å². The second-order valence-electron chi connectivity index (χ2n) is 13.3. The molecule has 1 amide bonds. The van der Waals surface area contributed by atoms with Gasteiger partial charge in [0.2, 0.25) is 5.91 Å². The van der Waals surface area contributed by atoms with E-state index in [0.29, 0.717) is 6.42 Å². The van der Waals surface area contributed by atoms with Crippen molar-refractivity contribution in [2.45, 2.75) is 193 Å². The monoisotopic (exact) mass is 668 g/mol. The van der Waals surface area contributed by atoms with Crippen LogP contribution in [0.15, 0.2) is 72.9 Å². The standard InChI is InChI=1S/C44H77NO3/c1-3-5-7-9-11-13-15-17-19-20-21-22-23-24-26-28-30-32-34-36-38-40-44(48)45-42(41-46)43(47)39-37-35-33-31-29-27-25-18-16-14-12-10-8-6-4-2/h5,7,11,13,17,19,21-22,24,26,37,39,42-43,46-47H,3-4,6,8-10,12,14-16,18,20,23,25,27-36,38,40-41H2,1-2H3,(H,45,48)/b7-5-,13-11-,19-17-,22-21-,26-24-,39-37+. The zero-order valence-corrected chi connectivity index (χ0v) is 31.5. The van der Waals surface area contributed by atoms with E-state index >= 15 is 0 Å². The first kappa shape index (κ1) is 45.8. The first-order valence-electron chi connectivity index (χ1n) is 20.2. The van der Waals surface area contributed by atoms with Crippen molar-refractivity contribution in [2.24, 2.45) is 0 Å². The molecule has 0 heterocycles. The fraction of sp³-hybridized carbons (Fsp3) is 0.705. The van der Waals surface area contributed by atoms with Gasteiger partial charge >= 0.3 is 0 Å². The molecule has 0 fully saturated rings. The minimum absolute atomic E-state index is 0.0863. The van der Waals surface area contributed by atoms with Crippen molar-refractivity contribution < 1.29 is 15.0 Å². The van der Waals surface area contributed by atoms with Crippen molar-refractivity contribution in [1.29, 1.82) is 0 Å². The lowest BCUT2D eigenvalue weighted by atomic mass is 10.0. The van der Waals surface area contributed by atoms with Crippen molar-refractivity contribution in [3.8, 4) is 0 Å². The van der Waals surface area contributed by atoms with E-state index in [1.54, 1.807) is 6.08 Å². The molecule has 4 heteroatoms. The first-order chi connectivity index (χ1) is 23.7. The lowest BCUT2D eigenvalue weighted by Crippen LogP contribution is -2.45. The molecule has 0 saturated heterocycles. The number of hydrogen-bond acceptors (Lipinski definition) is 3.